The lowest BCUT2D eigenvalue weighted by atomic mass is 9.93. The number of nitrogens with zero attached hydrogens (tertiary/aromatic N) is 1. The molecule has 3 N–H and O–H groups in total. The molecule has 2 saturated carbocycles. The predicted octanol–water partition coefficient (Wildman–Crippen LogP) is 2.58. The first-order valence-electron chi connectivity index (χ1n) is 9.00. The molecule has 2 aliphatic carbocycles. The first kappa shape index (κ1) is 16.3. The number of aliphatic hydroxyl groups is 1. The molecule has 1 aromatic carbocycles. The lowest BCUT2D eigenvalue weighted by Crippen LogP contribution is -2.45. The summed E-state index contributed by atoms with van der Waals surface area (Å²) in [6.45, 7) is 3.83. The van der Waals surface area contributed by atoms with Crippen molar-refractivity contribution in [3.05, 3.63) is 35.9 Å². The Morgan fingerprint density at radius 3 is 2.48 bits per heavy atom. The first-order chi connectivity index (χ1) is 11.2. The van der Waals surface area contributed by atoms with E-state index in [2.05, 4.69) is 47.9 Å². The van der Waals surface area contributed by atoms with Crippen LogP contribution in [-0.4, -0.2) is 36.3 Å². The Balaban J connectivity index is 1.61. The Bertz CT molecular complexity index is 517. The largest absolute Gasteiger partial charge is 0.393 e. The number of nitrogens with one attached hydrogen (secondary N) is 2. The lowest BCUT2D eigenvalue weighted by molar-refractivity contribution is 0.120. The molecule has 0 aromatic heterocycles. The van der Waals surface area contributed by atoms with Crippen LogP contribution in [0, 0.1) is 0 Å². The van der Waals surface area contributed by atoms with Crippen LogP contribution >= 0.6 is 0 Å². The molecule has 3 rings (SSSR count). The van der Waals surface area contributed by atoms with E-state index in [0.717, 1.165) is 44.7 Å². The molecule has 0 unspecified atom stereocenters. The van der Waals surface area contributed by atoms with Gasteiger partial charge in [-0.1, -0.05) is 30.3 Å². The van der Waals surface area contributed by atoms with Gasteiger partial charge in [0, 0.05) is 18.0 Å². The van der Waals surface area contributed by atoms with E-state index in [1.165, 1.54) is 18.4 Å². The second kappa shape index (κ2) is 7.35. The molecule has 0 aliphatic heterocycles. The van der Waals surface area contributed by atoms with Gasteiger partial charge in [0.15, 0.2) is 5.96 Å². The van der Waals surface area contributed by atoms with Gasteiger partial charge in [-0.05, 0) is 51.0 Å². The van der Waals surface area contributed by atoms with E-state index in [-0.39, 0.29) is 11.5 Å². The van der Waals surface area contributed by atoms with Gasteiger partial charge in [0.2, 0.25) is 0 Å². The second-order valence-corrected chi connectivity index (χ2v) is 6.99. The van der Waals surface area contributed by atoms with Crippen molar-refractivity contribution in [3.8, 4) is 0 Å². The van der Waals surface area contributed by atoms with Crippen molar-refractivity contribution >= 4 is 5.96 Å². The minimum atomic E-state index is -0.111. The number of aliphatic imine (C=N–C) groups is 1. The Morgan fingerprint density at radius 1 is 1.17 bits per heavy atom. The summed E-state index contributed by atoms with van der Waals surface area (Å²) >= 11 is 0. The first-order valence-corrected chi connectivity index (χ1v) is 9.00. The minimum absolute atomic E-state index is 0.111. The van der Waals surface area contributed by atoms with Gasteiger partial charge in [-0.25, -0.2) is 0 Å². The standard InChI is InChI=1S/C19H29N3O/c1-2-20-18(22-16-8-10-17(23)11-9-16)21-14-19(12-13-19)15-6-4-3-5-7-15/h3-7,16-17,23H,2,8-14H2,1H3,(H2,20,21,22). The quantitative estimate of drug-likeness (QED) is 0.578. The molecule has 4 heteroatoms. The maximum atomic E-state index is 9.64. The number of aliphatic hydroxyl groups excluding tert-OH is 1. The fourth-order valence-corrected chi connectivity index (χ4v) is 3.44. The van der Waals surface area contributed by atoms with Gasteiger partial charge in [0.25, 0.3) is 0 Å². The van der Waals surface area contributed by atoms with Crippen molar-refractivity contribution in [2.45, 2.75) is 63.0 Å². The van der Waals surface area contributed by atoms with Crippen LogP contribution in [0.3, 0.4) is 0 Å². The molecule has 2 fully saturated rings. The van der Waals surface area contributed by atoms with E-state index in [1.54, 1.807) is 0 Å². The Morgan fingerprint density at radius 2 is 1.87 bits per heavy atom. The zero-order valence-corrected chi connectivity index (χ0v) is 14.1. The van der Waals surface area contributed by atoms with Crippen molar-refractivity contribution in [2.24, 2.45) is 4.99 Å². The molecule has 126 valence electrons. The van der Waals surface area contributed by atoms with E-state index in [4.69, 9.17) is 4.99 Å². The van der Waals surface area contributed by atoms with Crippen LogP contribution < -0.4 is 10.6 Å². The van der Waals surface area contributed by atoms with Crippen LogP contribution in [-0.2, 0) is 5.41 Å². The highest BCUT2D eigenvalue weighted by Crippen LogP contribution is 2.48. The summed E-state index contributed by atoms with van der Waals surface area (Å²) in [5.41, 5.74) is 1.67. The van der Waals surface area contributed by atoms with Crippen LogP contribution in [0.15, 0.2) is 35.3 Å². The third-order valence-electron chi connectivity index (χ3n) is 5.16. The fraction of sp³-hybridized carbons (Fsp3) is 0.632. The minimum Gasteiger partial charge on any atom is -0.393 e. The van der Waals surface area contributed by atoms with Crippen molar-refractivity contribution in [1.29, 1.82) is 0 Å². The lowest BCUT2D eigenvalue weighted by Gasteiger charge is -2.28. The molecular formula is C19H29N3O. The number of rotatable bonds is 5. The second-order valence-electron chi connectivity index (χ2n) is 6.99. The molecule has 0 heterocycles. The van der Waals surface area contributed by atoms with Crippen LogP contribution in [0.5, 0.6) is 0 Å². The normalized spacial score (nSPS) is 26.6. The molecule has 0 atom stereocenters. The summed E-state index contributed by atoms with van der Waals surface area (Å²) in [4.78, 5) is 4.87. The molecule has 0 radical (unpaired) electrons. The van der Waals surface area contributed by atoms with E-state index in [1.807, 2.05) is 0 Å². The summed E-state index contributed by atoms with van der Waals surface area (Å²) in [5.74, 6) is 0.927. The molecule has 0 saturated heterocycles. The topological polar surface area (TPSA) is 56.7 Å². The van der Waals surface area contributed by atoms with Gasteiger partial charge in [-0.3, -0.25) is 4.99 Å². The molecule has 4 nitrogen and oxygen atoms in total. The van der Waals surface area contributed by atoms with E-state index in [9.17, 15) is 5.11 Å². The van der Waals surface area contributed by atoms with Crippen LogP contribution in [0.4, 0.5) is 0 Å². The molecule has 2 aliphatic rings. The van der Waals surface area contributed by atoms with E-state index < -0.39 is 0 Å². The summed E-state index contributed by atoms with van der Waals surface area (Å²) in [6, 6.07) is 11.2. The van der Waals surface area contributed by atoms with Crippen molar-refractivity contribution in [1.82, 2.24) is 10.6 Å². The van der Waals surface area contributed by atoms with Gasteiger partial charge < -0.3 is 15.7 Å². The summed E-state index contributed by atoms with van der Waals surface area (Å²) in [6.07, 6.45) is 6.19. The van der Waals surface area contributed by atoms with Gasteiger partial charge in [-0.15, -0.1) is 0 Å². The molecule has 0 spiro atoms. The number of benzene rings is 1. The fourth-order valence-electron chi connectivity index (χ4n) is 3.44. The number of hydrogen-bond donors (Lipinski definition) is 3. The predicted molar refractivity (Wildman–Crippen MR) is 94.7 cm³/mol. The third kappa shape index (κ3) is 4.25. The van der Waals surface area contributed by atoms with E-state index in [0.29, 0.717) is 6.04 Å². The Labute approximate surface area is 139 Å². The van der Waals surface area contributed by atoms with Crippen molar-refractivity contribution < 1.29 is 5.11 Å². The smallest absolute Gasteiger partial charge is 0.191 e. The summed E-state index contributed by atoms with van der Waals surface area (Å²) in [5, 5.41) is 16.6. The van der Waals surface area contributed by atoms with Gasteiger partial charge in [0.05, 0.1) is 12.6 Å². The molecular weight excluding hydrogens is 286 g/mol. The highest BCUT2D eigenvalue weighted by Gasteiger charge is 2.44. The third-order valence-corrected chi connectivity index (χ3v) is 5.16. The highest BCUT2D eigenvalue weighted by molar-refractivity contribution is 5.80. The zero-order chi connectivity index (χ0) is 16.1. The van der Waals surface area contributed by atoms with Crippen LogP contribution in [0.2, 0.25) is 0 Å². The number of guanidine groups is 1. The molecule has 23 heavy (non-hydrogen) atoms. The highest BCUT2D eigenvalue weighted by atomic mass is 16.3. The van der Waals surface area contributed by atoms with Gasteiger partial charge in [0.1, 0.15) is 0 Å². The average molecular weight is 315 g/mol. The van der Waals surface area contributed by atoms with Crippen LogP contribution in [0.1, 0.15) is 51.0 Å². The monoisotopic (exact) mass is 315 g/mol. The SMILES string of the molecule is CCNC(=NCC1(c2ccccc2)CC1)NC1CCC(O)CC1. The summed E-state index contributed by atoms with van der Waals surface area (Å²) in [7, 11) is 0. The van der Waals surface area contributed by atoms with E-state index >= 15 is 0 Å². The molecule has 0 amide bonds. The van der Waals surface area contributed by atoms with Gasteiger partial charge >= 0.3 is 0 Å². The van der Waals surface area contributed by atoms with Crippen molar-refractivity contribution in [2.75, 3.05) is 13.1 Å². The average Bonchev–Trinajstić information content (AvgIpc) is 3.37. The maximum Gasteiger partial charge on any atom is 0.191 e. The molecule has 0 bridgehead atoms. The maximum absolute atomic E-state index is 9.64. The Kier molecular flexibility index (Phi) is 5.21. The summed E-state index contributed by atoms with van der Waals surface area (Å²) < 4.78 is 0. The Hall–Kier alpha value is -1.55. The zero-order valence-electron chi connectivity index (χ0n) is 14.1. The van der Waals surface area contributed by atoms with Crippen LogP contribution in [0.25, 0.3) is 0 Å². The number of hydrogen-bond acceptors (Lipinski definition) is 2. The molecule has 1 aromatic rings. The van der Waals surface area contributed by atoms with Gasteiger partial charge in [-0.2, -0.15) is 0 Å². The van der Waals surface area contributed by atoms with Crippen molar-refractivity contribution in [3.63, 3.8) is 0 Å².